The number of ether oxygens (including phenoxy) is 2. The molecule has 0 aliphatic heterocycles. The number of nitrogens with one attached hydrogen (secondary N) is 3. The molecule has 3 amide bonds. The summed E-state index contributed by atoms with van der Waals surface area (Å²) in [7, 11) is 1.37. The highest BCUT2D eigenvalue weighted by Gasteiger charge is 2.30. The number of rotatable bonds is 9. The first-order valence-electron chi connectivity index (χ1n) is 11.5. The van der Waals surface area contributed by atoms with Gasteiger partial charge < -0.3 is 20.1 Å². The number of amides is 3. The molecule has 204 valence electrons. The molecule has 9 nitrogen and oxygen atoms in total. The number of hydrogen-bond donors (Lipinski definition) is 3. The van der Waals surface area contributed by atoms with Crippen LogP contribution in [0.25, 0.3) is 0 Å². The minimum absolute atomic E-state index is 0.0257. The molecule has 12 heteroatoms. The maximum absolute atomic E-state index is 12.8. The molecule has 0 unspecified atom stereocenters. The van der Waals surface area contributed by atoms with Crippen LogP contribution in [0.2, 0.25) is 0 Å². The number of hydrogen-bond acceptors (Lipinski definition) is 6. The van der Waals surface area contributed by atoms with Crippen molar-refractivity contribution < 1.29 is 37.0 Å². The zero-order valence-corrected chi connectivity index (χ0v) is 20.9. The first-order chi connectivity index (χ1) is 18.6. The van der Waals surface area contributed by atoms with E-state index in [-0.39, 0.29) is 23.2 Å². The molecule has 39 heavy (non-hydrogen) atoms. The quantitative estimate of drug-likeness (QED) is 0.214. The van der Waals surface area contributed by atoms with Crippen LogP contribution < -0.4 is 25.5 Å². The summed E-state index contributed by atoms with van der Waals surface area (Å²) in [6, 6.07) is 17.5. The summed E-state index contributed by atoms with van der Waals surface area (Å²) >= 11 is 0. The van der Waals surface area contributed by atoms with Crippen LogP contribution in [0.4, 0.5) is 18.9 Å². The molecule has 0 radical (unpaired) electrons. The van der Waals surface area contributed by atoms with Crippen molar-refractivity contribution in [3.05, 3.63) is 89.5 Å². The summed E-state index contributed by atoms with van der Waals surface area (Å²) in [6.45, 7) is 1.25. The molecule has 1 atom stereocenters. The van der Waals surface area contributed by atoms with Gasteiger partial charge in [0.15, 0.2) is 18.1 Å². The van der Waals surface area contributed by atoms with Gasteiger partial charge in [-0.2, -0.15) is 18.3 Å². The molecule has 3 aromatic carbocycles. The van der Waals surface area contributed by atoms with E-state index in [0.29, 0.717) is 5.56 Å². The average Bonchev–Trinajstić information content (AvgIpc) is 2.92. The molecule has 3 rings (SSSR count). The fraction of sp³-hybridized carbons (Fsp3) is 0.185. The first kappa shape index (κ1) is 28.7. The van der Waals surface area contributed by atoms with Gasteiger partial charge in [0.25, 0.3) is 5.91 Å². The molecule has 0 fully saturated rings. The van der Waals surface area contributed by atoms with Gasteiger partial charge in [-0.05, 0) is 54.4 Å². The molecule has 0 aliphatic carbocycles. The van der Waals surface area contributed by atoms with Crippen molar-refractivity contribution in [3.8, 4) is 11.5 Å². The number of halogens is 3. The predicted molar refractivity (Wildman–Crippen MR) is 137 cm³/mol. The third-order valence-electron chi connectivity index (χ3n) is 5.25. The number of hydrazone groups is 1. The van der Waals surface area contributed by atoms with Gasteiger partial charge in [0.05, 0.1) is 24.9 Å². The number of carbonyl (C=O) groups is 3. The normalized spacial score (nSPS) is 11.9. The van der Waals surface area contributed by atoms with Crippen molar-refractivity contribution in [2.45, 2.75) is 19.1 Å². The van der Waals surface area contributed by atoms with Gasteiger partial charge >= 0.3 is 18.0 Å². The largest absolute Gasteiger partial charge is 0.493 e. The minimum Gasteiger partial charge on any atom is -0.493 e. The third-order valence-corrected chi connectivity index (χ3v) is 5.25. The van der Waals surface area contributed by atoms with E-state index in [1.807, 2.05) is 30.3 Å². The molecule has 3 aromatic rings. The number of anilines is 1. The fourth-order valence-electron chi connectivity index (χ4n) is 3.30. The zero-order chi connectivity index (χ0) is 28.4. The van der Waals surface area contributed by atoms with Crippen LogP contribution in [0.1, 0.15) is 29.7 Å². The second kappa shape index (κ2) is 13.1. The van der Waals surface area contributed by atoms with Gasteiger partial charge in [0.2, 0.25) is 0 Å². The number of nitrogens with zero attached hydrogens (tertiary/aromatic N) is 1. The molecule has 3 N–H and O–H groups in total. The van der Waals surface area contributed by atoms with E-state index in [2.05, 4.69) is 21.2 Å². The predicted octanol–water partition coefficient (Wildman–Crippen LogP) is 4.06. The van der Waals surface area contributed by atoms with Crippen molar-refractivity contribution in [1.82, 2.24) is 10.7 Å². The number of benzene rings is 3. The van der Waals surface area contributed by atoms with Crippen molar-refractivity contribution >= 4 is 29.6 Å². The number of alkyl halides is 3. The molecular formula is C27H25F3N4O5. The van der Waals surface area contributed by atoms with E-state index >= 15 is 0 Å². The summed E-state index contributed by atoms with van der Waals surface area (Å²) < 4.78 is 49.2. The molecular weight excluding hydrogens is 517 g/mol. The minimum atomic E-state index is -4.54. The van der Waals surface area contributed by atoms with E-state index < -0.39 is 36.1 Å². The Balaban J connectivity index is 1.52. The Kier molecular flexibility index (Phi) is 9.63. The molecule has 0 saturated heterocycles. The van der Waals surface area contributed by atoms with Crippen molar-refractivity contribution in [3.63, 3.8) is 0 Å². The first-order valence-corrected chi connectivity index (χ1v) is 11.5. The lowest BCUT2D eigenvalue weighted by Crippen LogP contribution is -2.39. The van der Waals surface area contributed by atoms with Crippen LogP contribution in [0.15, 0.2) is 77.9 Å². The Morgan fingerprint density at radius 3 is 2.38 bits per heavy atom. The van der Waals surface area contributed by atoms with E-state index in [0.717, 1.165) is 17.7 Å². The van der Waals surface area contributed by atoms with Gasteiger partial charge in [-0.3, -0.25) is 14.4 Å². The van der Waals surface area contributed by atoms with Crippen LogP contribution >= 0.6 is 0 Å². The molecule has 0 aromatic heterocycles. The van der Waals surface area contributed by atoms with E-state index in [9.17, 15) is 27.6 Å². The Morgan fingerprint density at radius 2 is 1.69 bits per heavy atom. The molecule has 0 saturated carbocycles. The third kappa shape index (κ3) is 8.59. The highest BCUT2D eigenvalue weighted by molar-refractivity contribution is 6.35. The lowest BCUT2D eigenvalue weighted by Gasteiger charge is -2.13. The smallest absolute Gasteiger partial charge is 0.416 e. The molecule has 0 spiro atoms. The van der Waals surface area contributed by atoms with Gasteiger partial charge in [0, 0.05) is 5.69 Å². The summed E-state index contributed by atoms with van der Waals surface area (Å²) in [5.41, 5.74) is 2.54. The topological polar surface area (TPSA) is 118 Å². The van der Waals surface area contributed by atoms with Crippen molar-refractivity contribution in [2.75, 3.05) is 19.0 Å². The monoisotopic (exact) mass is 542 g/mol. The number of carbonyl (C=O) groups excluding carboxylic acids is 3. The van der Waals surface area contributed by atoms with Crippen molar-refractivity contribution in [1.29, 1.82) is 0 Å². The van der Waals surface area contributed by atoms with Gasteiger partial charge in [-0.1, -0.05) is 36.4 Å². The summed E-state index contributed by atoms with van der Waals surface area (Å²) in [6.07, 6.45) is -3.26. The standard InChI is InChI=1S/C27H25F3N4O5/c1-17(19-7-4-3-5-8-19)32-25(36)26(37)34-31-15-18-11-12-22(23(13-18)38-2)39-16-24(35)33-21-10-6-9-20(14-21)27(28,29)30/h3-15,17H,16H2,1-2H3,(H,32,36)(H,33,35)(H,34,37)/b31-15-/t17-/m1/s1. The Morgan fingerprint density at radius 1 is 0.949 bits per heavy atom. The maximum atomic E-state index is 12.8. The Labute approximate surface area is 222 Å². The fourth-order valence-corrected chi connectivity index (χ4v) is 3.30. The second-order valence-corrected chi connectivity index (χ2v) is 8.13. The average molecular weight is 543 g/mol. The van der Waals surface area contributed by atoms with E-state index in [1.165, 1.54) is 37.6 Å². The van der Waals surface area contributed by atoms with Crippen LogP contribution in [-0.4, -0.2) is 37.7 Å². The summed E-state index contributed by atoms with van der Waals surface area (Å²) in [5, 5.41) is 8.68. The Bertz CT molecular complexity index is 1350. The lowest BCUT2D eigenvalue weighted by molar-refractivity contribution is -0.139. The van der Waals surface area contributed by atoms with Crippen LogP contribution in [0, 0.1) is 0 Å². The highest BCUT2D eigenvalue weighted by Crippen LogP contribution is 2.31. The van der Waals surface area contributed by atoms with Gasteiger partial charge in [-0.15, -0.1) is 0 Å². The highest BCUT2D eigenvalue weighted by atomic mass is 19.4. The SMILES string of the molecule is COc1cc(/C=N\NC(=O)C(=O)N[C@H](C)c2ccccc2)ccc1OCC(=O)Nc1cccc(C(F)(F)F)c1. The summed E-state index contributed by atoms with van der Waals surface area (Å²) in [4.78, 5) is 36.3. The molecule has 0 aliphatic rings. The van der Waals surface area contributed by atoms with Crippen molar-refractivity contribution in [2.24, 2.45) is 5.10 Å². The molecule has 0 heterocycles. The Hall–Kier alpha value is -4.87. The van der Waals surface area contributed by atoms with Crippen LogP contribution in [0.5, 0.6) is 11.5 Å². The van der Waals surface area contributed by atoms with Gasteiger partial charge in [-0.25, -0.2) is 5.43 Å². The lowest BCUT2D eigenvalue weighted by atomic mass is 10.1. The van der Waals surface area contributed by atoms with Gasteiger partial charge in [0.1, 0.15) is 0 Å². The molecule has 0 bridgehead atoms. The van der Waals surface area contributed by atoms with E-state index in [1.54, 1.807) is 13.0 Å². The van der Waals surface area contributed by atoms with Crippen LogP contribution in [-0.2, 0) is 20.6 Å². The van der Waals surface area contributed by atoms with Crippen LogP contribution in [0.3, 0.4) is 0 Å². The maximum Gasteiger partial charge on any atom is 0.416 e. The van der Waals surface area contributed by atoms with E-state index in [4.69, 9.17) is 9.47 Å². The number of methoxy groups -OCH3 is 1. The second-order valence-electron chi connectivity index (χ2n) is 8.13. The zero-order valence-electron chi connectivity index (χ0n) is 20.9. The summed E-state index contributed by atoms with van der Waals surface area (Å²) in [5.74, 6) is -2.07.